The normalized spacial score (nSPS) is 12.1. The first kappa shape index (κ1) is 23.0. The zero-order valence-corrected chi connectivity index (χ0v) is 16.9. The first-order valence-electron chi connectivity index (χ1n) is 9.50. The van der Waals surface area contributed by atoms with Gasteiger partial charge < -0.3 is 9.84 Å². The lowest BCUT2D eigenvalue weighted by Crippen LogP contribution is -2.15. The van der Waals surface area contributed by atoms with Crippen LogP contribution in [-0.2, 0) is 18.9 Å². The molecule has 0 radical (unpaired) electrons. The second-order valence-electron chi connectivity index (χ2n) is 7.04. The van der Waals surface area contributed by atoms with E-state index in [-0.39, 0.29) is 23.2 Å². The van der Waals surface area contributed by atoms with E-state index in [1.807, 2.05) is 0 Å². The number of amides is 1. The first-order chi connectivity index (χ1) is 16.0. The van der Waals surface area contributed by atoms with Gasteiger partial charge in [-0.25, -0.2) is 0 Å². The van der Waals surface area contributed by atoms with Crippen molar-refractivity contribution in [3.05, 3.63) is 83.4 Å². The Kier molecular flexibility index (Phi) is 5.85. The van der Waals surface area contributed by atoms with Gasteiger partial charge in [0.15, 0.2) is 11.5 Å². The van der Waals surface area contributed by atoms with Crippen molar-refractivity contribution in [2.45, 2.75) is 18.9 Å². The molecule has 3 aromatic heterocycles. The minimum Gasteiger partial charge on any atom is -0.354 e. The number of hydrogen-bond donors (Lipinski definition) is 1. The molecule has 0 unspecified atom stereocenters. The van der Waals surface area contributed by atoms with Crippen molar-refractivity contribution < 1.29 is 35.7 Å². The Morgan fingerprint density at radius 2 is 1.82 bits per heavy atom. The molecule has 0 bridgehead atoms. The lowest BCUT2D eigenvalue weighted by molar-refractivity contribution is -0.143. The van der Waals surface area contributed by atoms with Crippen molar-refractivity contribution in [1.82, 2.24) is 19.9 Å². The van der Waals surface area contributed by atoms with Crippen LogP contribution < -0.4 is 5.32 Å². The van der Waals surface area contributed by atoms with E-state index in [0.29, 0.717) is 11.8 Å². The number of hydrogen-bond acceptors (Lipinski definition) is 5. The van der Waals surface area contributed by atoms with Gasteiger partial charge in [-0.1, -0.05) is 17.3 Å². The summed E-state index contributed by atoms with van der Waals surface area (Å²) in [4.78, 5) is 16.5. The van der Waals surface area contributed by atoms with Gasteiger partial charge in [0.05, 0.1) is 29.6 Å². The third kappa shape index (κ3) is 5.08. The van der Waals surface area contributed by atoms with Crippen LogP contribution in [0.4, 0.5) is 32.0 Å². The molecule has 0 spiro atoms. The fraction of sp³-hybridized carbons (Fsp3) is 0.143. The molecule has 34 heavy (non-hydrogen) atoms. The highest BCUT2D eigenvalue weighted by atomic mass is 19.4. The van der Waals surface area contributed by atoms with Crippen molar-refractivity contribution in [2.75, 3.05) is 5.32 Å². The van der Waals surface area contributed by atoms with E-state index in [1.54, 1.807) is 18.2 Å². The number of aromatic nitrogens is 4. The predicted octanol–water partition coefficient (Wildman–Crippen LogP) is 5.27. The maximum atomic E-state index is 13.3. The molecule has 0 aliphatic carbocycles. The molecule has 1 aromatic carbocycles. The van der Waals surface area contributed by atoms with E-state index in [1.165, 1.54) is 24.7 Å². The third-order valence-electron chi connectivity index (χ3n) is 4.63. The number of carbonyl (C=O) groups excluding carboxylic acids is 1. The van der Waals surface area contributed by atoms with Gasteiger partial charge in [-0.05, 0) is 29.8 Å². The molecule has 0 atom stereocenters. The lowest BCUT2D eigenvalue weighted by Gasteiger charge is -2.16. The number of rotatable bonds is 5. The molecule has 176 valence electrons. The summed E-state index contributed by atoms with van der Waals surface area (Å²) >= 11 is 0. The van der Waals surface area contributed by atoms with Gasteiger partial charge in [-0.2, -0.15) is 31.4 Å². The highest BCUT2D eigenvalue weighted by Gasteiger charge is 2.38. The minimum atomic E-state index is -5.00. The van der Waals surface area contributed by atoms with E-state index < -0.39 is 41.5 Å². The van der Waals surface area contributed by atoms with Crippen LogP contribution in [0.1, 0.15) is 27.2 Å². The van der Waals surface area contributed by atoms with E-state index in [9.17, 15) is 31.1 Å². The Hall–Kier alpha value is -4.16. The van der Waals surface area contributed by atoms with Gasteiger partial charge >= 0.3 is 12.4 Å². The van der Waals surface area contributed by atoms with Crippen molar-refractivity contribution in [3.63, 3.8) is 0 Å². The van der Waals surface area contributed by atoms with Crippen molar-refractivity contribution in [3.8, 4) is 11.5 Å². The molecule has 4 rings (SSSR count). The lowest BCUT2D eigenvalue weighted by atomic mass is 10.0. The second kappa shape index (κ2) is 8.65. The highest BCUT2D eigenvalue weighted by Crippen LogP contribution is 2.37. The molecule has 4 aromatic rings. The number of nitrogens with one attached hydrogen (secondary N) is 1. The Labute approximate surface area is 187 Å². The average Bonchev–Trinajstić information content (AvgIpc) is 3.43. The quantitative estimate of drug-likeness (QED) is 0.393. The first-order valence-corrected chi connectivity index (χ1v) is 9.50. The molecule has 1 N–H and O–H groups in total. The summed E-state index contributed by atoms with van der Waals surface area (Å²) in [7, 11) is 0. The molecule has 3 heterocycles. The van der Waals surface area contributed by atoms with Crippen LogP contribution >= 0.6 is 0 Å². The zero-order chi connectivity index (χ0) is 24.5. The SMILES string of the molecule is O=C(Nc1cnn(Cc2ccc(C(F)(F)F)cc2C(F)(F)F)c1)c1cc(-c2ccccn2)on1. The molecule has 0 fully saturated rings. The molecular formula is C21H13F6N5O2. The van der Waals surface area contributed by atoms with Gasteiger partial charge in [0.2, 0.25) is 0 Å². The van der Waals surface area contributed by atoms with Crippen LogP contribution in [0.5, 0.6) is 0 Å². The third-order valence-corrected chi connectivity index (χ3v) is 4.63. The molecule has 0 aliphatic heterocycles. The van der Waals surface area contributed by atoms with Gasteiger partial charge in [0.25, 0.3) is 5.91 Å². The smallest absolute Gasteiger partial charge is 0.354 e. The molecule has 0 saturated heterocycles. The van der Waals surface area contributed by atoms with E-state index in [2.05, 4.69) is 20.6 Å². The number of carbonyl (C=O) groups is 1. The molecule has 0 saturated carbocycles. The van der Waals surface area contributed by atoms with Crippen LogP contribution in [0.25, 0.3) is 11.5 Å². The van der Waals surface area contributed by atoms with E-state index >= 15 is 0 Å². The number of halogens is 6. The Bertz CT molecular complexity index is 1310. The molecule has 13 heteroatoms. The monoisotopic (exact) mass is 481 g/mol. The van der Waals surface area contributed by atoms with Gasteiger partial charge in [0, 0.05) is 18.5 Å². The summed E-state index contributed by atoms with van der Waals surface area (Å²) in [6.45, 7) is -0.476. The Morgan fingerprint density at radius 3 is 2.50 bits per heavy atom. The largest absolute Gasteiger partial charge is 0.416 e. The van der Waals surface area contributed by atoms with E-state index in [0.717, 1.165) is 10.7 Å². The maximum Gasteiger partial charge on any atom is 0.416 e. The summed E-state index contributed by atoms with van der Waals surface area (Å²) < 4.78 is 84.7. The number of nitrogens with zero attached hydrogens (tertiary/aromatic N) is 4. The van der Waals surface area contributed by atoms with Gasteiger partial charge in [-0.15, -0.1) is 0 Å². The van der Waals surface area contributed by atoms with Crippen LogP contribution in [-0.4, -0.2) is 25.8 Å². The van der Waals surface area contributed by atoms with Crippen LogP contribution in [0.2, 0.25) is 0 Å². The summed E-state index contributed by atoms with van der Waals surface area (Å²) in [6, 6.07) is 7.82. The van der Waals surface area contributed by atoms with E-state index in [4.69, 9.17) is 4.52 Å². The highest BCUT2D eigenvalue weighted by molar-refractivity contribution is 6.03. The number of benzene rings is 1. The van der Waals surface area contributed by atoms with Gasteiger partial charge in [-0.3, -0.25) is 14.5 Å². The van der Waals surface area contributed by atoms with Crippen LogP contribution in [0.3, 0.4) is 0 Å². The molecular weight excluding hydrogens is 468 g/mol. The second-order valence-corrected chi connectivity index (χ2v) is 7.04. The molecule has 7 nitrogen and oxygen atoms in total. The topological polar surface area (TPSA) is 85.8 Å². The average molecular weight is 481 g/mol. The standard InChI is InChI=1S/C21H13F6N5O2/c22-20(23,24)13-5-4-12(15(7-13)21(25,26)27)10-32-11-14(9-29-32)30-19(33)17-8-18(34-31-17)16-3-1-2-6-28-16/h1-9,11H,10H2,(H,30,33). The maximum absolute atomic E-state index is 13.3. The summed E-state index contributed by atoms with van der Waals surface area (Å²) in [5.41, 5.74) is -2.73. The summed E-state index contributed by atoms with van der Waals surface area (Å²) in [5, 5.41) is 9.99. The number of anilines is 1. The van der Waals surface area contributed by atoms with Gasteiger partial charge in [0.1, 0.15) is 5.69 Å². The number of alkyl halides is 6. The fourth-order valence-electron chi connectivity index (χ4n) is 3.05. The minimum absolute atomic E-state index is 0.0608. The summed E-state index contributed by atoms with van der Waals surface area (Å²) in [6.07, 6.45) is -5.98. The molecule has 1 amide bonds. The van der Waals surface area contributed by atoms with Crippen LogP contribution in [0, 0.1) is 0 Å². The van der Waals surface area contributed by atoms with Crippen molar-refractivity contribution in [2.24, 2.45) is 0 Å². The Morgan fingerprint density at radius 1 is 1.03 bits per heavy atom. The van der Waals surface area contributed by atoms with Crippen molar-refractivity contribution in [1.29, 1.82) is 0 Å². The Balaban J connectivity index is 1.49. The van der Waals surface area contributed by atoms with Crippen molar-refractivity contribution >= 4 is 11.6 Å². The summed E-state index contributed by atoms with van der Waals surface area (Å²) in [5.74, 6) is -0.417. The predicted molar refractivity (Wildman–Crippen MR) is 105 cm³/mol. The number of pyridine rings is 1. The fourth-order valence-corrected chi connectivity index (χ4v) is 3.05. The zero-order valence-electron chi connectivity index (χ0n) is 16.9. The molecule has 0 aliphatic rings. The van der Waals surface area contributed by atoms with Crippen LogP contribution in [0.15, 0.2) is 65.6 Å².